The Bertz CT molecular complexity index is 857. The van der Waals surface area contributed by atoms with Crippen LogP contribution in [0.2, 0.25) is 20.1 Å². The minimum Gasteiger partial charge on any atom is -0.0836 e. The Labute approximate surface area is 210 Å². The average Bonchev–Trinajstić information content (AvgIpc) is 2.58. The highest BCUT2D eigenvalue weighted by Crippen LogP contribution is 2.52. The number of rotatable bonds is 3. The van der Waals surface area contributed by atoms with E-state index in [4.69, 9.17) is 46.4 Å². The fourth-order valence-electron chi connectivity index (χ4n) is 3.55. The molecule has 0 aliphatic heterocycles. The van der Waals surface area contributed by atoms with Crippen LogP contribution in [0.3, 0.4) is 0 Å². The summed E-state index contributed by atoms with van der Waals surface area (Å²) in [6, 6.07) is 0. The van der Waals surface area contributed by atoms with Gasteiger partial charge in [0.1, 0.15) is 0 Å². The van der Waals surface area contributed by atoms with Gasteiger partial charge in [-0.05, 0) is 71.9 Å². The lowest BCUT2D eigenvalue weighted by molar-refractivity contribution is 0.588. The van der Waals surface area contributed by atoms with E-state index in [1.807, 2.05) is 0 Å². The van der Waals surface area contributed by atoms with Gasteiger partial charge in [-0.1, -0.05) is 110 Å². The zero-order valence-electron chi connectivity index (χ0n) is 19.3. The third-order valence-electron chi connectivity index (χ3n) is 5.27. The van der Waals surface area contributed by atoms with Crippen LogP contribution in [0, 0.1) is 27.7 Å². The first-order valence-corrected chi connectivity index (χ1v) is 13.5. The van der Waals surface area contributed by atoms with Crippen molar-refractivity contribution in [2.24, 2.45) is 0 Å². The molecule has 0 aliphatic carbocycles. The van der Waals surface area contributed by atoms with E-state index < -0.39 is 0 Å². The molecule has 0 amide bonds. The second-order valence-corrected chi connectivity index (χ2v) is 13.5. The Morgan fingerprint density at radius 3 is 0.833 bits per heavy atom. The fraction of sp³-hybridized carbons (Fsp3) is 0.500. The highest BCUT2D eigenvalue weighted by Gasteiger charge is 2.28. The molecule has 0 nitrogen and oxygen atoms in total. The van der Waals surface area contributed by atoms with Crippen molar-refractivity contribution < 1.29 is 0 Å². The maximum atomic E-state index is 6.78. The van der Waals surface area contributed by atoms with Crippen LogP contribution in [0.5, 0.6) is 0 Å². The van der Waals surface area contributed by atoms with Crippen LogP contribution in [-0.4, -0.2) is 0 Å². The van der Waals surface area contributed by atoms with Crippen molar-refractivity contribution in [1.82, 2.24) is 0 Å². The van der Waals surface area contributed by atoms with Crippen LogP contribution in [0.4, 0.5) is 0 Å². The monoisotopic (exact) mass is 522 g/mol. The van der Waals surface area contributed by atoms with Crippen LogP contribution < -0.4 is 0 Å². The Hall–Kier alpha value is 0.300. The van der Waals surface area contributed by atoms with Gasteiger partial charge in [-0.3, -0.25) is 0 Å². The Balaban J connectivity index is 2.56. The minimum atomic E-state index is -0.128. The predicted octanol–water partition coefficient (Wildman–Crippen LogP) is 10.9. The van der Waals surface area contributed by atoms with E-state index >= 15 is 0 Å². The zero-order valence-corrected chi connectivity index (χ0v) is 24.0. The molecule has 0 bridgehead atoms. The quantitative estimate of drug-likeness (QED) is 0.366. The lowest BCUT2D eigenvalue weighted by Crippen LogP contribution is -2.15. The number of halogens is 4. The average molecular weight is 524 g/mol. The molecule has 0 saturated carbocycles. The van der Waals surface area contributed by atoms with E-state index in [1.165, 1.54) is 0 Å². The molecule has 0 heterocycles. The fourth-order valence-corrected chi connectivity index (χ4v) is 8.84. The van der Waals surface area contributed by atoms with Gasteiger partial charge >= 0.3 is 0 Å². The minimum absolute atomic E-state index is 0.128. The zero-order chi connectivity index (χ0) is 23.3. The highest BCUT2D eigenvalue weighted by molar-refractivity contribution is 8.76. The van der Waals surface area contributed by atoms with Gasteiger partial charge in [0.25, 0.3) is 0 Å². The maximum Gasteiger partial charge on any atom is 0.0499 e. The number of hydrogen-bond acceptors (Lipinski definition) is 2. The summed E-state index contributed by atoms with van der Waals surface area (Å²) in [5.41, 5.74) is 5.97. The molecule has 0 fully saturated rings. The van der Waals surface area contributed by atoms with Crippen molar-refractivity contribution >= 4 is 68.0 Å². The van der Waals surface area contributed by atoms with Gasteiger partial charge in [0, 0.05) is 29.9 Å². The Morgan fingerprint density at radius 2 is 0.667 bits per heavy atom. The molecule has 0 aromatic heterocycles. The van der Waals surface area contributed by atoms with E-state index in [1.54, 1.807) is 21.6 Å². The highest BCUT2D eigenvalue weighted by atomic mass is 35.5. The van der Waals surface area contributed by atoms with Gasteiger partial charge in [-0.15, -0.1) is 0 Å². The first-order chi connectivity index (χ1) is 13.5. The normalized spacial score (nSPS) is 12.6. The lowest BCUT2D eigenvalue weighted by Gasteiger charge is -2.27. The van der Waals surface area contributed by atoms with Gasteiger partial charge in [-0.2, -0.15) is 0 Å². The predicted molar refractivity (Wildman–Crippen MR) is 141 cm³/mol. The standard InChI is InChI=1S/C24H30Cl4S2/c1-11-17(25)15(23(5,6)7)18(26)12(2)21(11)29-30-22-13(3)19(27)16(24(8,9)10)20(28)14(22)4/h1-10H3. The van der Waals surface area contributed by atoms with Crippen molar-refractivity contribution in [1.29, 1.82) is 0 Å². The first-order valence-electron chi connectivity index (χ1n) is 9.83. The Kier molecular flexibility index (Phi) is 8.21. The molecule has 0 radical (unpaired) electrons. The lowest BCUT2D eigenvalue weighted by atomic mass is 9.85. The van der Waals surface area contributed by atoms with Crippen molar-refractivity contribution in [3.63, 3.8) is 0 Å². The molecule has 2 aromatic rings. The van der Waals surface area contributed by atoms with E-state index in [2.05, 4.69) is 69.2 Å². The van der Waals surface area contributed by atoms with Gasteiger partial charge in [-0.25, -0.2) is 0 Å². The summed E-state index contributed by atoms with van der Waals surface area (Å²) in [5.74, 6) is 0. The van der Waals surface area contributed by atoms with Crippen molar-refractivity contribution in [3.05, 3.63) is 53.5 Å². The molecule has 6 heteroatoms. The molecule has 166 valence electrons. The number of benzene rings is 2. The first kappa shape index (κ1) is 26.6. The Morgan fingerprint density at radius 1 is 0.467 bits per heavy atom. The topological polar surface area (TPSA) is 0 Å². The second kappa shape index (κ2) is 9.27. The number of hydrogen-bond donors (Lipinski definition) is 0. The molecule has 2 rings (SSSR count). The summed E-state index contributed by atoms with van der Waals surface area (Å²) in [4.78, 5) is 2.18. The van der Waals surface area contributed by atoms with Gasteiger partial charge in [0.15, 0.2) is 0 Å². The van der Waals surface area contributed by atoms with Crippen LogP contribution in [0.1, 0.15) is 74.9 Å². The molecule has 0 saturated heterocycles. The second-order valence-electron chi connectivity index (χ2n) is 9.83. The molecule has 0 atom stereocenters. The van der Waals surface area contributed by atoms with Crippen LogP contribution >= 0.6 is 68.0 Å². The van der Waals surface area contributed by atoms with E-state index in [9.17, 15) is 0 Å². The van der Waals surface area contributed by atoms with Crippen molar-refractivity contribution in [3.8, 4) is 0 Å². The third kappa shape index (κ3) is 4.95. The van der Waals surface area contributed by atoms with E-state index in [0.29, 0.717) is 0 Å². The van der Waals surface area contributed by atoms with Crippen LogP contribution in [0.25, 0.3) is 0 Å². The van der Waals surface area contributed by atoms with Gasteiger partial charge < -0.3 is 0 Å². The molecular weight excluding hydrogens is 494 g/mol. The molecular formula is C24H30Cl4S2. The van der Waals surface area contributed by atoms with Crippen LogP contribution in [-0.2, 0) is 10.8 Å². The summed E-state index contributed by atoms with van der Waals surface area (Å²) in [6.07, 6.45) is 0. The molecule has 0 spiro atoms. The smallest absolute Gasteiger partial charge is 0.0499 e. The summed E-state index contributed by atoms with van der Waals surface area (Å²) >= 11 is 27.1. The third-order valence-corrected chi connectivity index (χ3v) is 10.0. The van der Waals surface area contributed by atoms with Gasteiger partial charge in [0.2, 0.25) is 0 Å². The van der Waals surface area contributed by atoms with Gasteiger partial charge in [0.05, 0.1) is 0 Å². The molecule has 30 heavy (non-hydrogen) atoms. The molecule has 0 unspecified atom stereocenters. The summed E-state index contributed by atoms with van der Waals surface area (Å²) in [7, 11) is 3.33. The molecule has 2 aromatic carbocycles. The largest absolute Gasteiger partial charge is 0.0836 e. The van der Waals surface area contributed by atoms with Crippen molar-refractivity contribution in [2.75, 3.05) is 0 Å². The summed E-state index contributed by atoms with van der Waals surface area (Å²) < 4.78 is 0. The van der Waals surface area contributed by atoms with E-state index in [-0.39, 0.29) is 10.8 Å². The van der Waals surface area contributed by atoms with Crippen molar-refractivity contribution in [2.45, 2.75) is 89.9 Å². The summed E-state index contributed by atoms with van der Waals surface area (Å²) in [6.45, 7) is 21.0. The maximum absolute atomic E-state index is 6.78. The van der Waals surface area contributed by atoms with E-state index in [0.717, 1.165) is 63.3 Å². The SMILES string of the molecule is Cc1c(Cl)c(C(C)(C)C)c(Cl)c(C)c1SSc1c(C)c(Cl)c(C(C)(C)C)c(Cl)c1C. The van der Waals surface area contributed by atoms with Crippen LogP contribution in [0.15, 0.2) is 9.79 Å². The summed E-state index contributed by atoms with van der Waals surface area (Å²) in [5, 5.41) is 2.98. The molecule has 0 N–H and O–H groups in total. The molecule has 0 aliphatic rings.